The minimum absolute atomic E-state index is 0.0196. The highest BCUT2D eigenvalue weighted by atomic mass is 19.4. The second-order valence-corrected chi connectivity index (χ2v) is 11.2. The molecule has 1 amide bonds. The van der Waals surface area contributed by atoms with Crippen LogP contribution >= 0.6 is 0 Å². The summed E-state index contributed by atoms with van der Waals surface area (Å²) >= 11 is 0. The van der Waals surface area contributed by atoms with E-state index < -0.39 is 23.2 Å². The fourth-order valence-corrected chi connectivity index (χ4v) is 6.54. The van der Waals surface area contributed by atoms with E-state index in [1.165, 1.54) is 25.3 Å². The summed E-state index contributed by atoms with van der Waals surface area (Å²) in [5.41, 5.74) is -0.991. The van der Waals surface area contributed by atoms with Crippen LogP contribution in [0, 0.1) is 23.2 Å². The van der Waals surface area contributed by atoms with E-state index in [1.807, 2.05) is 0 Å². The van der Waals surface area contributed by atoms with Gasteiger partial charge in [-0.3, -0.25) is 4.79 Å². The monoisotopic (exact) mass is 434 g/mol. The van der Waals surface area contributed by atoms with Crippen LogP contribution in [-0.4, -0.2) is 27.0 Å². The van der Waals surface area contributed by atoms with Crippen LogP contribution in [0.4, 0.5) is 13.2 Å². The maximum atomic E-state index is 13.7. The van der Waals surface area contributed by atoms with E-state index in [4.69, 9.17) is 0 Å². The zero-order valence-corrected chi connectivity index (χ0v) is 18.2. The number of fused-ring (bicyclic) bond motifs is 1. The van der Waals surface area contributed by atoms with Gasteiger partial charge in [0, 0.05) is 18.0 Å². The van der Waals surface area contributed by atoms with Gasteiger partial charge in [-0.2, -0.15) is 18.3 Å². The van der Waals surface area contributed by atoms with Crippen LogP contribution < -0.4 is 5.32 Å². The summed E-state index contributed by atoms with van der Waals surface area (Å²) in [6.07, 6.45) is 2.82. The van der Waals surface area contributed by atoms with Gasteiger partial charge in [-0.1, -0.05) is 20.8 Å². The smallest absolute Gasteiger partial charge is 0.350 e. The summed E-state index contributed by atoms with van der Waals surface area (Å²) in [4.78, 5) is 17.2. The summed E-state index contributed by atoms with van der Waals surface area (Å²) in [7, 11) is 0. The molecule has 0 aliphatic heterocycles. The Morgan fingerprint density at radius 2 is 1.68 bits per heavy atom. The number of nitrogens with one attached hydrogen (secondary N) is 1. The number of alkyl halides is 3. The predicted octanol–water partition coefficient (Wildman–Crippen LogP) is 4.99. The lowest BCUT2D eigenvalue weighted by Crippen LogP contribution is -2.51. The van der Waals surface area contributed by atoms with Gasteiger partial charge in [0.1, 0.15) is 5.69 Å². The van der Waals surface area contributed by atoms with E-state index in [9.17, 15) is 18.0 Å². The second-order valence-electron chi connectivity index (χ2n) is 11.2. The highest BCUT2D eigenvalue weighted by Crippen LogP contribution is 2.59. The molecule has 4 bridgehead atoms. The zero-order chi connectivity index (χ0) is 22.2. The summed E-state index contributed by atoms with van der Waals surface area (Å²) < 4.78 is 41.8. The molecular weight excluding hydrogens is 405 g/mol. The molecule has 6 rings (SSSR count). The van der Waals surface area contributed by atoms with E-state index in [0.29, 0.717) is 12.2 Å². The van der Waals surface area contributed by atoms with Crippen molar-refractivity contribution in [2.75, 3.05) is 6.54 Å². The number of hydrogen-bond acceptors (Lipinski definition) is 3. The third kappa shape index (κ3) is 3.72. The topological polar surface area (TPSA) is 59.3 Å². The van der Waals surface area contributed by atoms with E-state index in [0.717, 1.165) is 47.6 Å². The Hall–Kier alpha value is -2.12. The fraction of sp³-hybridized carbons (Fsp3) is 0.696. The van der Waals surface area contributed by atoms with Gasteiger partial charge in [0.05, 0.1) is 5.69 Å². The highest BCUT2D eigenvalue weighted by Gasteiger charge is 2.50. The van der Waals surface area contributed by atoms with Gasteiger partial charge < -0.3 is 5.32 Å². The Kier molecular flexibility index (Phi) is 4.48. The van der Waals surface area contributed by atoms with Gasteiger partial charge >= 0.3 is 6.18 Å². The quantitative estimate of drug-likeness (QED) is 0.740. The summed E-state index contributed by atoms with van der Waals surface area (Å²) in [5.74, 6) is 1.89. The van der Waals surface area contributed by atoms with Crippen molar-refractivity contribution in [1.29, 1.82) is 0 Å². The molecule has 0 spiro atoms. The van der Waals surface area contributed by atoms with Crippen LogP contribution in [-0.2, 0) is 11.6 Å². The van der Waals surface area contributed by atoms with Crippen LogP contribution in [0.2, 0.25) is 0 Å². The number of carbonyl (C=O) groups is 1. The summed E-state index contributed by atoms with van der Waals surface area (Å²) in [5, 5.41) is 6.99. The zero-order valence-electron chi connectivity index (χ0n) is 18.2. The van der Waals surface area contributed by atoms with Crippen molar-refractivity contribution < 1.29 is 18.0 Å². The van der Waals surface area contributed by atoms with Crippen molar-refractivity contribution in [3.05, 3.63) is 29.2 Å². The van der Waals surface area contributed by atoms with Crippen molar-refractivity contribution in [1.82, 2.24) is 19.9 Å². The van der Waals surface area contributed by atoms with Gasteiger partial charge in [0.15, 0.2) is 11.3 Å². The van der Waals surface area contributed by atoms with Gasteiger partial charge in [-0.15, -0.1) is 0 Å². The first-order valence-corrected chi connectivity index (χ1v) is 11.2. The molecule has 0 aromatic carbocycles. The van der Waals surface area contributed by atoms with Gasteiger partial charge in [-0.25, -0.2) is 9.50 Å². The SMILES string of the molecule is CC(C)(C)c1cc(C(F)(F)F)n2nc(C(=O)NCC34CC5CC(CC(C5)C3)C4)cc2n1. The first-order chi connectivity index (χ1) is 14.4. The number of nitrogens with zero attached hydrogens (tertiary/aromatic N) is 3. The van der Waals surface area contributed by atoms with E-state index >= 15 is 0 Å². The first kappa shape index (κ1) is 20.8. The molecule has 8 heteroatoms. The molecule has 0 radical (unpaired) electrons. The first-order valence-electron chi connectivity index (χ1n) is 11.2. The molecule has 168 valence electrons. The molecule has 0 atom stereocenters. The molecule has 2 heterocycles. The number of amides is 1. The Balaban J connectivity index is 1.40. The number of rotatable bonds is 3. The maximum Gasteiger partial charge on any atom is 0.433 e. The lowest BCUT2D eigenvalue weighted by Gasteiger charge is -2.56. The van der Waals surface area contributed by atoms with Gasteiger partial charge in [0.2, 0.25) is 0 Å². The lowest BCUT2D eigenvalue weighted by molar-refractivity contribution is -0.142. The van der Waals surface area contributed by atoms with Gasteiger partial charge in [-0.05, 0) is 67.8 Å². The molecule has 31 heavy (non-hydrogen) atoms. The Morgan fingerprint density at radius 1 is 1.10 bits per heavy atom. The summed E-state index contributed by atoms with van der Waals surface area (Å²) in [6.45, 7) is 6.00. The number of halogens is 3. The molecule has 2 aromatic rings. The van der Waals surface area contributed by atoms with Crippen molar-refractivity contribution in [3.8, 4) is 0 Å². The minimum Gasteiger partial charge on any atom is -0.350 e. The van der Waals surface area contributed by atoms with Crippen molar-refractivity contribution in [3.63, 3.8) is 0 Å². The lowest BCUT2D eigenvalue weighted by atomic mass is 9.49. The third-order valence-electron chi connectivity index (χ3n) is 7.51. The average Bonchev–Trinajstić information content (AvgIpc) is 3.07. The van der Waals surface area contributed by atoms with Crippen LogP contribution in [0.3, 0.4) is 0 Å². The molecule has 0 unspecified atom stereocenters. The molecule has 4 aliphatic carbocycles. The molecule has 1 N–H and O–H groups in total. The fourth-order valence-electron chi connectivity index (χ4n) is 6.54. The van der Waals surface area contributed by atoms with E-state index in [2.05, 4.69) is 15.4 Å². The van der Waals surface area contributed by atoms with Crippen molar-refractivity contribution in [2.45, 2.75) is 70.9 Å². The number of aromatic nitrogens is 3. The molecule has 4 saturated carbocycles. The average molecular weight is 435 g/mol. The van der Waals surface area contributed by atoms with Crippen molar-refractivity contribution >= 4 is 11.6 Å². The van der Waals surface area contributed by atoms with Crippen LogP contribution in [0.25, 0.3) is 5.65 Å². The molecule has 2 aromatic heterocycles. The minimum atomic E-state index is -4.60. The standard InChI is InChI=1S/C23H29F3N4O/c1-21(2,3)17-8-18(23(24,25)26)30-19(28-17)7-16(29-30)20(31)27-12-22-9-13-4-14(10-22)6-15(5-13)11-22/h7-8,13-15H,4-6,9-12H2,1-3H3,(H,27,31). The molecule has 4 fully saturated rings. The van der Waals surface area contributed by atoms with Crippen molar-refractivity contribution in [2.24, 2.45) is 23.2 Å². The second kappa shape index (κ2) is 6.69. The molecule has 4 aliphatic rings. The molecule has 0 saturated heterocycles. The van der Waals surface area contributed by atoms with E-state index in [1.54, 1.807) is 20.8 Å². The maximum absolute atomic E-state index is 13.7. The van der Waals surface area contributed by atoms with Gasteiger partial charge in [0.25, 0.3) is 5.91 Å². The predicted molar refractivity (Wildman–Crippen MR) is 110 cm³/mol. The van der Waals surface area contributed by atoms with Crippen LogP contribution in [0.5, 0.6) is 0 Å². The Morgan fingerprint density at radius 3 is 2.19 bits per heavy atom. The molecule has 5 nitrogen and oxygen atoms in total. The Bertz CT molecular complexity index is 999. The van der Waals surface area contributed by atoms with Crippen LogP contribution in [0.1, 0.15) is 81.2 Å². The molecular formula is C23H29F3N4O. The largest absolute Gasteiger partial charge is 0.433 e. The van der Waals surface area contributed by atoms with E-state index in [-0.39, 0.29) is 16.8 Å². The van der Waals surface area contributed by atoms with Crippen LogP contribution in [0.15, 0.2) is 12.1 Å². The normalized spacial score (nSPS) is 30.2. The number of carbonyl (C=O) groups excluding carboxylic acids is 1. The third-order valence-corrected chi connectivity index (χ3v) is 7.51. The Labute approximate surface area is 179 Å². The highest BCUT2D eigenvalue weighted by molar-refractivity contribution is 5.93. The summed E-state index contributed by atoms with van der Waals surface area (Å²) in [6, 6.07) is 2.39. The number of hydrogen-bond donors (Lipinski definition) is 1.